The first-order valence-corrected chi connectivity index (χ1v) is 8.18. The summed E-state index contributed by atoms with van der Waals surface area (Å²) in [5, 5.41) is 7.81. The van der Waals surface area contributed by atoms with Crippen molar-refractivity contribution < 1.29 is 0 Å². The normalized spacial score (nSPS) is 12.5. The predicted octanol–water partition coefficient (Wildman–Crippen LogP) is 5.04. The summed E-state index contributed by atoms with van der Waals surface area (Å²) in [6.07, 6.45) is 1.96. The van der Waals surface area contributed by atoms with Crippen LogP contribution in [0.5, 0.6) is 0 Å². The van der Waals surface area contributed by atoms with E-state index in [-0.39, 0.29) is 5.41 Å². The standard InChI is InChI=1S/C17H21N3S/c1-11(2)20-16-12(10-18-20)13(17(3,4)5)9-14(19-16)15-7-6-8-21-15/h6-11H,1-5H3. The molecule has 3 aromatic heterocycles. The molecule has 0 aliphatic carbocycles. The zero-order chi connectivity index (χ0) is 15.2. The van der Waals surface area contributed by atoms with Crippen LogP contribution in [0.3, 0.4) is 0 Å². The molecule has 3 rings (SSSR count). The maximum absolute atomic E-state index is 4.88. The summed E-state index contributed by atoms with van der Waals surface area (Å²) in [5.74, 6) is 0. The third-order valence-electron chi connectivity index (χ3n) is 3.64. The van der Waals surface area contributed by atoms with Crippen molar-refractivity contribution >= 4 is 22.4 Å². The molecule has 0 bridgehead atoms. The minimum absolute atomic E-state index is 0.0675. The molecule has 3 aromatic rings. The highest BCUT2D eigenvalue weighted by atomic mass is 32.1. The van der Waals surface area contributed by atoms with Gasteiger partial charge in [0.2, 0.25) is 0 Å². The SMILES string of the molecule is CC(C)n1ncc2c(C(C)(C)C)cc(-c3cccs3)nc21. The Bertz CT molecular complexity index is 761. The molecule has 0 aromatic carbocycles. The van der Waals surface area contributed by atoms with Crippen LogP contribution in [-0.4, -0.2) is 14.8 Å². The van der Waals surface area contributed by atoms with Gasteiger partial charge < -0.3 is 0 Å². The van der Waals surface area contributed by atoms with Gasteiger partial charge in [-0.15, -0.1) is 11.3 Å². The van der Waals surface area contributed by atoms with Crippen LogP contribution >= 0.6 is 11.3 Å². The lowest BCUT2D eigenvalue weighted by Gasteiger charge is -2.21. The Balaban J connectivity index is 2.34. The second-order valence-corrected chi connectivity index (χ2v) is 7.65. The number of hydrogen-bond acceptors (Lipinski definition) is 3. The molecule has 0 N–H and O–H groups in total. The number of thiophene rings is 1. The molecule has 0 amide bonds. The molecule has 110 valence electrons. The molecule has 0 saturated heterocycles. The van der Waals surface area contributed by atoms with Crippen LogP contribution in [0.15, 0.2) is 29.8 Å². The van der Waals surface area contributed by atoms with E-state index in [0.717, 1.165) is 16.7 Å². The van der Waals surface area contributed by atoms with Crippen molar-refractivity contribution in [3.63, 3.8) is 0 Å². The lowest BCUT2D eigenvalue weighted by molar-refractivity contribution is 0.546. The number of aromatic nitrogens is 3. The molecule has 0 fully saturated rings. The Hall–Kier alpha value is -1.68. The van der Waals surface area contributed by atoms with E-state index in [9.17, 15) is 0 Å². The maximum Gasteiger partial charge on any atom is 0.158 e. The van der Waals surface area contributed by atoms with Gasteiger partial charge in [0.25, 0.3) is 0 Å². The number of fused-ring (bicyclic) bond motifs is 1. The van der Waals surface area contributed by atoms with Crippen molar-refractivity contribution in [2.75, 3.05) is 0 Å². The Labute approximate surface area is 129 Å². The smallest absolute Gasteiger partial charge is 0.158 e. The zero-order valence-electron chi connectivity index (χ0n) is 13.2. The molecule has 0 spiro atoms. The third kappa shape index (κ3) is 2.48. The van der Waals surface area contributed by atoms with Gasteiger partial charge in [0.05, 0.1) is 16.8 Å². The van der Waals surface area contributed by atoms with Crippen LogP contribution in [0.4, 0.5) is 0 Å². The second-order valence-electron chi connectivity index (χ2n) is 6.70. The number of rotatable bonds is 2. The fourth-order valence-electron chi connectivity index (χ4n) is 2.57. The van der Waals surface area contributed by atoms with Crippen LogP contribution in [0, 0.1) is 0 Å². The first kappa shape index (κ1) is 14.3. The van der Waals surface area contributed by atoms with E-state index >= 15 is 0 Å². The summed E-state index contributed by atoms with van der Waals surface area (Å²) in [7, 11) is 0. The Morgan fingerprint density at radius 1 is 1.24 bits per heavy atom. The highest BCUT2D eigenvalue weighted by Gasteiger charge is 2.22. The molecule has 0 atom stereocenters. The van der Waals surface area contributed by atoms with Gasteiger partial charge in [0.15, 0.2) is 5.65 Å². The van der Waals surface area contributed by atoms with Gasteiger partial charge in [0, 0.05) is 11.4 Å². The molecule has 0 aliphatic heterocycles. The number of pyridine rings is 1. The molecular weight excluding hydrogens is 278 g/mol. The fourth-order valence-corrected chi connectivity index (χ4v) is 3.25. The van der Waals surface area contributed by atoms with Crippen LogP contribution in [0.2, 0.25) is 0 Å². The van der Waals surface area contributed by atoms with Crippen molar-refractivity contribution in [3.05, 3.63) is 35.3 Å². The van der Waals surface area contributed by atoms with Gasteiger partial charge in [-0.2, -0.15) is 5.10 Å². The average Bonchev–Trinajstić information content (AvgIpc) is 3.05. The summed E-state index contributed by atoms with van der Waals surface area (Å²) in [6.45, 7) is 11.0. The molecule has 21 heavy (non-hydrogen) atoms. The van der Waals surface area contributed by atoms with Crippen molar-refractivity contribution in [2.45, 2.75) is 46.1 Å². The second kappa shape index (κ2) is 4.95. The first-order chi connectivity index (χ1) is 9.88. The van der Waals surface area contributed by atoms with Crippen LogP contribution < -0.4 is 0 Å². The molecule has 0 unspecified atom stereocenters. The summed E-state index contributed by atoms with van der Waals surface area (Å²) in [5.41, 5.74) is 3.41. The van der Waals surface area contributed by atoms with E-state index in [4.69, 9.17) is 4.98 Å². The zero-order valence-corrected chi connectivity index (χ0v) is 14.0. The van der Waals surface area contributed by atoms with E-state index in [2.05, 4.69) is 63.3 Å². The van der Waals surface area contributed by atoms with Crippen molar-refractivity contribution in [1.29, 1.82) is 0 Å². The Morgan fingerprint density at radius 3 is 2.57 bits per heavy atom. The maximum atomic E-state index is 4.88. The lowest BCUT2D eigenvalue weighted by Crippen LogP contribution is -2.13. The van der Waals surface area contributed by atoms with E-state index in [0.29, 0.717) is 6.04 Å². The van der Waals surface area contributed by atoms with E-state index in [1.807, 2.05) is 10.9 Å². The summed E-state index contributed by atoms with van der Waals surface area (Å²) < 4.78 is 2.02. The summed E-state index contributed by atoms with van der Waals surface area (Å²) in [6, 6.07) is 6.73. The van der Waals surface area contributed by atoms with Gasteiger partial charge in [-0.1, -0.05) is 26.8 Å². The quantitative estimate of drug-likeness (QED) is 0.664. The average molecular weight is 299 g/mol. The summed E-state index contributed by atoms with van der Waals surface area (Å²) >= 11 is 1.73. The van der Waals surface area contributed by atoms with Gasteiger partial charge in [-0.25, -0.2) is 9.67 Å². The predicted molar refractivity (Wildman–Crippen MR) is 89.9 cm³/mol. The lowest BCUT2D eigenvalue weighted by atomic mass is 9.85. The first-order valence-electron chi connectivity index (χ1n) is 7.30. The fraction of sp³-hybridized carbons (Fsp3) is 0.412. The highest BCUT2D eigenvalue weighted by molar-refractivity contribution is 7.13. The van der Waals surface area contributed by atoms with Crippen molar-refractivity contribution in [2.24, 2.45) is 0 Å². The molecular formula is C17H21N3S. The van der Waals surface area contributed by atoms with Crippen molar-refractivity contribution in [1.82, 2.24) is 14.8 Å². The molecule has 0 saturated carbocycles. The monoisotopic (exact) mass is 299 g/mol. The largest absolute Gasteiger partial charge is 0.245 e. The van der Waals surface area contributed by atoms with Crippen LogP contribution in [0.1, 0.15) is 46.2 Å². The van der Waals surface area contributed by atoms with Crippen LogP contribution in [0.25, 0.3) is 21.6 Å². The van der Waals surface area contributed by atoms with Gasteiger partial charge in [-0.05, 0) is 42.3 Å². The number of hydrogen-bond donors (Lipinski definition) is 0. The van der Waals surface area contributed by atoms with E-state index in [1.165, 1.54) is 10.4 Å². The molecule has 4 heteroatoms. The van der Waals surface area contributed by atoms with Gasteiger partial charge in [0.1, 0.15) is 0 Å². The number of nitrogens with zero attached hydrogens (tertiary/aromatic N) is 3. The molecule has 0 radical (unpaired) electrons. The van der Waals surface area contributed by atoms with Gasteiger partial charge in [-0.3, -0.25) is 0 Å². The minimum Gasteiger partial charge on any atom is -0.245 e. The van der Waals surface area contributed by atoms with Gasteiger partial charge >= 0.3 is 0 Å². The summed E-state index contributed by atoms with van der Waals surface area (Å²) in [4.78, 5) is 6.09. The van der Waals surface area contributed by atoms with E-state index in [1.54, 1.807) is 11.3 Å². The minimum atomic E-state index is 0.0675. The topological polar surface area (TPSA) is 30.7 Å². The van der Waals surface area contributed by atoms with Crippen LogP contribution in [-0.2, 0) is 5.41 Å². The third-order valence-corrected chi connectivity index (χ3v) is 4.53. The molecule has 3 heterocycles. The Morgan fingerprint density at radius 2 is 2.00 bits per heavy atom. The molecule has 3 nitrogen and oxygen atoms in total. The molecule has 0 aliphatic rings. The van der Waals surface area contributed by atoms with E-state index < -0.39 is 0 Å². The Kier molecular flexibility index (Phi) is 3.36. The highest BCUT2D eigenvalue weighted by Crippen LogP contribution is 2.34. The van der Waals surface area contributed by atoms with Crippen molar-refractivity contribution in [3.8, 4) is 10.6 Å².